The lowest BCUT2D eigenvalue weighted by molar-refractivity contribution is -0.132. The molecule has 1 aliphatic rings. The molecule has 3 amide bonds. The van der Waals surface area contributed by atoms with Gasteiger partial charge in [0.2, 0.25) is 11.8 Å². The predicted molar refractivity (Wildman–Crippen MR) is 107 cm³/mol. The van der Waals surface area contributed by atoms with Crippen molar-refractivity contribution in [1.29, 1.82) is 0 Å². The monoisotopic (exact) mass is 380 g/mol. The second-order valence-electron chi connectivity index (χ2n) is 6.70. The Morgan fingerprint density at radius 3 is 2.36 bits per heavy atom. The van der Waals surface area contributed by atoms with Crippen LogP contribution in [0, 0.1) is 0 Å². The molecule has 1 fully saturated rings. The SMILES string of the molecule is C=CC(=O)Nc1ccccc1CC(=O)N1CCN(C(=O)c2cccn2C)CC1. The summed E-state index contributed by atoms with van der Waals surface area (Å²) in [6.45, 7) is 5.45. The molecule has 2 aromatic rings. The number of carbonyl (C=O) groups is 3. The molecule has 28 heavy (non-hydrogen) atoms. The first kappa shape index (κ1) is 19.4. The molecule has 1 N–H and O–H groups in total. The van der Waals surface area contributed by atoms with Crippen molar-refractivity contribution >= 4 is 23.4 Å². The van der Waals surface area contributed by atoms with Gasteiger partial charge < -0.3 is 19.7 Å². The highest BCUT2D eigenvalue weighted by Crippen LogP contribution is 2.17. The Morgan fingerprint density at radius 2 is 1.71 bits per heavy atom. The van der Waals surface area contributed by atoms with Crippen LogP contribution in [0.3, 0.4) is 0 Å². The van der Waals surface area contributed by atoms with Gasteiger partial charge in [0.25, 0.3) is 5.91 Å². The number of amides is 3. The summed E-state index contributed by atoms with van der Waals surface area (Å²) < 4.78 is 1.80. The van der Waals surface area contributed by atoms with E-state index in [4.69, 9.17) is 0 Å². The third-order valence-electron chi connectivity index (χ3n) is 4.88. The predicted octanol–water partition coefficient (Wildman–Crippen LogP) is 1.68. The third kappa shape index (κ3) is 4.31. The van der Waals surface area contributed by atoms with Crippen LogP contribution in [0.5, 0.6) is 0 Å². The summed E-state index contributed by atoms with van der Waals surface area (Å²) in [7, 11) is 1.84. The molecule has 0 bridgehead atoms. The molecule has 7 heteroatoms. The largest absolute Gasteiger partial charge is 0.347 e. The molecule has 0 aliphatic carbocycles. The van der Waals surface area contributed by atoms with Gasteiger partial charge in [-0.25, -0.2) is 0 Å². The van der Waals surface area contributed by atoms with Crippen molar-refractivity contribution in [3.05, 3.63) is 66.5 Å². The van der Waals surface area contributed by atoms with Gasteiger partial charge in [-0.2, -0.15) is 0 Å². The van der Waals surface area contributed by atoms with Crippen molar-refractivity contribution in [2.24, 2.45) is 7.05 Å². The van der Waals surface area contributed by atoms with Gasteiger partial charge in [-0.1, -0.05) is 24.8 Å². The minimum Gasteiger partial charge on any atom is -0.347 e. The van der Waals surface area contributed by atoms with E-state index in [0.717, 1.165) is 5.56 Å². The minimum atomic E-state index is -0.312. The Labute approximate surface area is 164 Å². The van der Waals surface area contributed by atoms with Crippen LogP contribution >= 0.6 is 0 Å². The van der Waals surface area contributed by atoms with Gasteiger partial charge >= 0.3 is 0 Å². The van der Waals surface area contributed by atoms with E-state index in [9.17, 15) is 14.4 Å². The molecule has 2 heterocycles. The Hall–Kier alpha value is -3.35. The maximum Gasteiger partial charge on any atom is 0.270 e. The summed E-state index contributed by atoms with van der Waals surface area (Å²) >= 11 is 0. The molecule has 1 saturated heterocycles. The number of benzene rings is 1. The van der Waals surface area contributed by atoms with E-state index in [1.54, 1.807) is 32.6 Å². The van der Waals surface area contributed by atoms with Crippen LogP contribution in [0.25, 0.3) is 0 Å². The third-order valence-corrected chi connectivity index (χ3v) is 4.88. The topological polar surface area (TPSA) is 74.7 Å². The standard InChI is InChI=1S/C21H24N4O3/c1-3-19(26)22-17-8-5-4-7-16(17)15-20(27)24-11-13-25(14-12-24)21(28)18-9-6-10-23(18)2/h3-10H,1,11-15H2,2H3,(H,22,26). The summed E-state index contributed by atoms with van der Waals surface area (Å²) in [5.41, 5.74) is 2.01. The molecule has 3 rings (SSSR count). The van der Waals surface area contributed by atoms with Gasteiger partial charge in [0.15, 0.2) is 0 Å². The van der Waals surface area contributed by atoms with Crippen LogP contribution in [0.1, 0.15) is 16.1 Å². The summed E-state index contributed by atoms with van der Waals surface area (Å²) in [6, 6.07) is 10.9. The number of para-hydroxylation sites is 1. The van der Waals surface area contributed by atoms with Gasteiger partial charge in [0.1, 0.15) is 5.69 Å². The number of nitrogens with zero attached hydrogens (tertiary/aromatic N) is 3. The van der Waals surface area contributed by atoms with Crippen molar-refractivity contribution < 1.29 is 14.4 Å². The molecule has 0 spiro atoms. The first-order chi connectivity index (χ1) is 13.5. The molecule has 1 aromatic carbocycles. The number of aromatic nitrogens is 1. The smallest absolute Gasteiger partial charge is 0.270 e. The summed E-state index contributed by atoms with van der Waals surface area (Å²) in [6.07, 6.45) is 3.23. The highest BCUT2D eigenvalue weighted by atomic mass is 16.2. The van der Waals surface area contributed by atoms with Crippen LogP contribution < -0.4 is 5.32 Å². The van der Waals surface area contributed by atoms with Gasteiger partial charge in [-0.05, 0) is 29.8 Å². The van der Waals surface area contributed by atoms with Crippen molar-refractivity contribution in [3.63, 3.8) is 0 Å². The maximum atomic E-state index is 12.7. The minimum absolute atomic E-state index is 0.0166. The van der Waals surface area contributed by atoms with Crippen LogP contribution in [-0.2, 0) is 23.1 Å². The fraction of sp³-hybridized carbons (Fsp3) is 0.286. The van der Waals surface area contributed by atoms with Gasteiger partial charge in [0, 0.05) is 45.1 Å². The average molecular weight is 380 g/mol. The highest BCUT2D eigenvalue weighted by molar-refractivity contribution is 5.99. The second-order valence-corrected chi connectivity index (χ2v) is 6.70. The lowest BCUT2D eigenvalue weighted by Crippen LogP contribution is -2.51. The summed E-state index contributed by atoms with van der Waals surface area (Å²) in [4.78, 5) is 40.4. The Kier molecular flexibility index (Phi) is 5.93. The number of anilines is 1. The molecule has 0 atom stereocenters. The molecule has 7 nitrogen and oxygen atoms in total. The van der Waals surface area contributed by atoms with E-state index >= 15 is 0 Å². The zero-order valence-corrected chi connectivity index (χ0v) is 15.9. The number of nitrogens with one attached hydrogen (secondary N) is 1. The van der Waals surface area contributed by atoms with Gasteiger partial charge in [-0.3, -0.25) is 14.4 Å². The van der Waals surface area contributed by atoms with Crippen LogP contribution in [0.4, 0.5) is 5.69 Å². The lowest BCUT2D eigenvalue weighted by atomic mass is 10.1. The van der Waals surface area contributed by atoms with E-state index in [-0.39, 0.29) is 24.1 Å². The first-order valence-electron chi connectivity index (χ1n) is 9.19. The maximum absolute atomic E-state index is 12.7. The molecule has 0 radical (unpaired) electrons. The number of rotatable bonds is 5. The molecule has 1 aromatic heterocycles. The molecular weight excluding hydrogens is 356 g/mol. The zero-order valence-electron chi connectivity index (χ0n) is 15.9. The number of carbonyl (C=O) groups excluding carboxylic acids is 3. The van der Waals surface area contributed by atoms with Crippen molar-refractivity contribution in [1.82, 2.24) is 14.4 Å². The van der Waals surface area contributed by atoms with E-state index in [0.29, 0.717) is 37.6 Å². The van der Waals surface area contributed by atoms with Gasteiger partial charge in [-0.15, -0.1) is 0 Å². The van der Waals surface area contributed by atoms with E-state index < -0.39 is 0 Å². The van der Waals surface area contributed by atoms with Gasteiger partial charge in [0.05, 0.1) is 6.42 Å². The Bertz CT molecular complexity index is 895. The van der Waals surface area contributed by atoms with E-state index in [1.165, 1.54) is 6.08 Å². The lowest BCUT2D eigenvalue weighted by Gasteiger charge is -2.35. The number of hydrogen-bond acceptors (Lipinski definition) is 3. The Balaban J connectivity index is 1.59. The van der Waals surface area contributed by atoms with Crippen molar-refractivity contribution in [3.8, 4) is 0 Å². The van der Waals surface area contributed by atoms with Crippen LogP contribution in [0.2, 0.25) is 0 Å². The van der Waals surface area contributed by atoms with E-state index in [1.807, 2.05) is 31.4 Å². The van der Waals surface area contributed by atoms with Crippen LogP contribution in [0.15, 0.2) is 55.3 Å². The van der Waals surface area contributed by atoms with Crippen LogP contribution in [-0.4, -0.2) is 58.3 Å². The molecule has 0 unspecified atom stereocenters. The second kappa shape index (κ2) is 8.56. The fourth-order valence-electron chi connectivity index (χ4n) is 3.26. The molecule has 0 saturated carbocycles. The van der Waals surface area contributed by atoms with E-state index in [2.05, 4.69) is 11.9 Å². The summed E-state index contributed by atoms with van der Waals surface area (Å²) in [5.74, 6) is -0.351. The molecule has 146 valence electrons. The molecular formula is C21H24N4O3. The summed E-state index contributed by atoms with van der Waals surface area (Å²) in [5, 5.41) is 2.73. The zero-order chi connectivity index (χ0) is 20.1. The highest BCUT2D eigenvalue weighted by Gasteiger charge is 2.26. The average Bonchev–Trinajstić information content (AvgIpc) is 3.14. The Morgan fingerprint density at radius 1 is 1.04 bits per heavy atom. The first-order valence-corrected chi connectivity index (χ1v) is 9.19. The normalized spacial score (nSPS) is 13.9. The van der Waals surface area contributed by atoms with Crippen molar-refractivity contribution in [2.75, 3.05) is 31.5 Å². The quantitative estimate of drug-likeness (QED) is 0.802. The number of piperazine rings is 1. The number of hydrogen-bond donors (Lipinski definition) is 1. The molecule has 1 aliphatic heterocycles. The fourth-order valence-corrected chi connectivity index (χ4v) is 3.26. The number of aryl methyl sites for hydroxylation is 1. The van der Waals surface area contributed by atoms with Crippen molar-refractivity contribution in [2.45, 2.75) is 6.42 Å².